The molecule has 0 aliphatic heterocycles. The molecule has 1 aliphatic carbocycles. The van der Waals surface area contributed by atoms with Gasteiger partial charge in [-0.3, -0.25) is 4.79 Å². The Morgan fingerprint density at radius 2 is 2.32 bits per heavy atom. The van der Waals surface area contributed by atoms with E-state index in [4.69, 9.17) is 11.6 Å². The van der Waals surface area contributed by atoms with E-state index in [1.54, 1.807) is 17.0 Å². The fourth-order valence-electron chi connectivity index (χ4n) is 2.56. The van der Waals surface area contributed by atoms with Gasteiger partial charge in [-0.25, -0.2) is 4.98 Å². The van der Waals surface area contributed by atoms with Gasteiger partial charge in [-0.2, -0.15) is 0 Å². The van der Waals surface area contributed by atoms with Crippen LogP contribution in [-0.2, 0) is 6.54 Å². The average Bonchev–Trinajstić information content (AvgIpc) is 2.76. The molecule has 0 radical (unpaired) electrons. The first-order chi connectivity index (χ1) is 9.08. The molecule has 0 aromatic carbocycles. The van der Waals surface area contributed by atoms with Gasteiger partial charge in [0.2, 0.25) is 0 Å². The van der Waals surface area contributed by atoms with Crippen LogP contribution in [0.3, 0.4) is 0 Å². The van der Waals surface area contributed by atoms with E-state index in [9.17, 15) is 4.79 Å². The van der Waals surface area contributed by atoms with Crippen molar-refractivity contribution in [3.63, 3.8) is 0 Å². The van der Waals surface area contributed by atoms with Crippen molar-refractivity contribution in [3.05, 3.63) is 22.7 Å². The minimum Gasteiger partial charge on any atom is -0.365 e. The Hall–Kier alpha value is -1.03. The first-order valence-electron chi connectivity index (χ1n) is 7.01. The fourth-order valence-corrected chi connectivity index (χ4v) is 2.92. The highest BCUT2D eigenvalue weighted by Gasteiger charge is 2.25. The lowest BCUT2D eigenvalue weighted by molar-refractivity contribution is 0.509. The van der Waals surface area contributed by atoms with Gasteiger partial charge in [-0.1, -0.05) is 20.3 Å². The second-order valence-electron chi connectivity index (χ2n) is 5.72. The maximum absolute atomic E-state index is 12.2. The van der Waals surface area contributed by atoms with Gasteiger partial charge < -0.3 is 9.88 Å². The maximum atomic E-state index is 12.2. The van der Waals surface area contributed by atoms with Crippen LogP contribution in [0.25, 0.3) is 0 Å². The average molecular weight is 284 g/mol. The molecule has 19 heavy (non-hydrogen) atoms. The summed E-state index contributed by atoms with van der Waals surface area (Å²) in [7, 11) is 0. The van der Waals surface area contributed by atoms with Crippen LogP contribution in [0, 0.1) is 11.8 Å². The molecule has 1 N–H and O–H groups in total. The van der Waals surface area contributed by atoms with Crippen LogP contribution < -0.4 is 10.9 Å². The zero-order valence-electron chi connectivity index (χ0n) is 11.6. The third-order valence-electron chi connectivity index (χ3n) is 3.57. The summed E-state index contributed by atoms with van der Waals surface area (Å²) in [6.07, 6.45) is 6.81. The monoisotopic (exact) mass is 283 g/mol. The lowest BCUT2D eigenvalue weighted by Crippen LogP contribution is -2.28. The molecule has 1 fully saturated rings. The molecule has 2 rings (SSSR count). The van der Waals surface area contributed by atoms with Crippen LogP contribution >= 0.6 is 11.6 Å². The van der Waals surface area contributed by atoms with Crippen LogP contribution in [0.2, 0.25) is 0 Å². The van der Waals surface area contributed by atoms with Crippen LogP contribution in [0.1, 0.15) is 33.1 Å². The van der Waals surface area contributed by atoms with E-state index in [0.29, 0.717) is 17.7 Å². The van der Waals surface area contributed by atoms with Crippen molar-refractivity contribution >= 4 is 17.4 Å². The van der Waals surface area contributed by atoms with Gasteiger partial charge in [0.05, 0.1) is 0 Å². The van der Waals surface area contributed by atoms with Crippen LogP contribution in [0.5, 0.6) is 0 Å². The van der Waals surface area contributed by atoms with E-state index in [2.05, 4.69) is 24.1 Å². The SMILES string of the molecule is CC(C)Cn1ccnc(NCC2CCCC2Cl)c1=O. The van der Waals surface area contributed by atoms with Crippen LogP contribution in [0.15, 0.2) is 17.2 Å². The summed E-state index contributed by atoms with van der Waals surface area (Å²) in [5.41, 5.74) is -0.0414. The van der Waals surface area contributed by atoms with Gasteiger partial charge in [0, 0.05) is 30.9 Å². The molecule has 1 aromatic heterocycles. The Bertz CT molecular complexity index is 472. The number of aromatic nitrogens is 2. The molecule has 1 saturated carbocycles. The van der Waals surface area contributed by atoms with E-state index in [1.165, 1.54) is 6.42 Å². The lowest BCUT2D eigenvalue weighted by Gasteiger charge is -2.15. The molecular weight excluding hydrogens is 262 g/mol. The first kappa shape index (κ1) is 14.4. The first-order valence-corrected chi connectivity index (χ1v) is 7.45. The number of alkyl halides is 1. The van der Waals surface area contributed by atoms with E-state index >= 15 is 0 Å². The molecule has 1 aliphatic rings. The minimum atomic E-state index is -0.0414. The Labute approximate surface area is 119 Å². The van der Waals surface area contributed by atoms with Crippen molar-refractivity contribution in [2.24, 2.45) is 11.8 Å². The third-order valence-corrected chi connectivity index (χ3v) is 4.15. The zero-order chi connectivity index (χ0) is 13.8. The summed E-state index contributed by atoms with van der Waals surface area (Å²) >= 11 is 6.24. The Morgan fingerprint density at radius 1 is 1.53 bits per heavy atom. The highest BCUT2D eigenvalue weighted by Crippen LogP contribution is 2.29. The molecule has 2 unspecified atom stereocenters. The zero-order valence-corrected chi connectivity index (χ0v) is 12.4. The highest BCUT2D eigenvalue weighted by atomic mass is 35.5. The molecule has 4 nitrogen and oxygen atoms in total. The smallest absolute Gasteiger partial charge is 0.293 e. The topological polar surface area (TPSA) is 46.9 Å². The maximum Gasteiger partial charge on any atom is 0.293 e. The van der Waals surface area contributed by atoms with Crippen molar-refractivity contribution in [2.75, 3.05) is 11.9 Å². The number of nitrogens with zero attached hydrogens (tertiary/aromatic N) is 2. The number of nitrogens with one attached hydrogen (secondary N) is 1. The second kappa shape index (κ2) is 6.42. The molecule has 1 aromatic rings. The van der Waals surface area contributed by atoms with Gasteiger partial charge in [0.15, 0.2) is 5.82 Å². The van der Waals surface area contributed by atoms with E-state index in [1.807, 2.05) is 0 Å². The summed E-state index contributed by atoms with van der Waals surface area (Å²) < 4.78 is 1.72. The minimum absolute atomic E-state index is 0.0414. The molecule has 0 bridgehead atoms. The molecular formula is C14H22ClN3O. The van der Waals surface area contributed by atoms with Crippen molar-refractivity contribution in [1.29, 1.82) is 0 Å². The Kier molecular flexibility index (Phi) is 4.86. The van der Waals surface area contributed by atoms with Gasteiger partial charge in [0.1, 0.15) is 0 Å². The standard InChI is InChI=1S/C14H22ClN3O/c1-10(2)9-18-7-6-16-13(14(18)19)17-8-11-4-3-5-12(11)15/h6-7,10-12H,3-5,8-9H2,1-2H3,(H,16,17). The third kappa shape index (κ3) is 3.72. The van der Waals surface area contributed by atoms with Gasteiger partial charge in [-0.15, -0.1) is 11.6 Å². The van der Waals surface area contributed by atoms with Crippen molar-refractivity contribution in [3.8, 4) is 0 Å². The largest absolute Gasteiger partial charge is 0.365 e. The number of rotatable bonds is 5. The summed E-state index contributed by atoms with van der Waals surface area (Å²) in [5, 5.41) is 3.40. The molecule has 106 valence electrons. The van der Waals surface area contributed by atoms with Crippen LogP contribution in [0.4, 0.5) is 5.82 Å². The fraction of sp³-hybridized carbons (Fsp3) is 0.714. The number of hydrogen-bond acceptors (Lipinski definition) is 3. The molecule has 0 amide bonds. The summed E-state index contributed by atoms with van der Waals surface area (Å²) in [6, 6.07) is 0. The van der Waals surface area contributed by atoms with E-state index in [-0.39, 0.29) is 10.9 Å². The lowest BCUT2D eigenvalue weighted by atomic mass is 10.1. The van der Waals surface area contributed by atoms with Gasteiger partial charge >= 0.3 is 0 Å². The number of hydrogen-bond donors (Lipinski definition) is 1. The normalized spacial score (nSPS) is 22.9. The van der Waals surface area contributed by atoms with Crippen molar-refractivity contribution in [1.82, 2.24) is 9.55 Å². The Morgan fingerprint density at radius 3 is 2.95 bits per heavy atom. The summed E-state index contributed by atoms with van der Waals surface area (Å²) in [6.45, 7) is 5.65. The second-order valence-corrected chi connectivity index (χ2v) is 6.28. The van der Waals surface area contributed by atoms with Gasteiger partial charge in [-0.05, 0) is 24.7 Å². The predicted octanol–water partition coefficient (Wildman–Crippen LogP) is 2.72. The molecule has 0 saturated heterocycles. The summed E-state index contributed by atoms with van der Waals surface area (Å²) in [4.78, 5) is 16.3. The highest BCUT2D eigenvalue weighted by molar-refractivity contribution is 6.20. The predicted molar refractivity (Wildman–Crippen MR) is 78.8 cm³/mol. The molecule has 5 heteroatoms. The van der Waals surface area contributed by atoms with Gasteiger partial charge in [0.25, 0.3) is 5.56 Å². The van der Waals surface area contributed by atoms with Crippen molar-refractivity contribution < 1.29 is 0 Å². The molecule has 1 heterocycles. The number of anilines is 1. The van der Waals surface area contributed by atoms with Crippen molar-refractivity contribution in [2.45, 2.75) is 45.0 Å². The van der Waals surface area contributed by atoms with E-state index in [0.717, 1.165) is 25.9 Å². The Balaban J connectivity index is 2.02. The molecule has 2 atom stereocenters. The number of halogens is 1. The molecule has 0 spiro atoms. The quantitative estimate of drug-likeness (QED) is 0.845. The summed E-state index contributed by atoms with van der Waals surface area (Å²) in [5.74, 6) is 1.33. The van der Waals surface area contributed by atoms with E-state index < -0.39 is 0 Å². The van der Waals surface area contributed by atoms with Crippen LogP contribution in [-0.4, -0.2) is 21.5 Å².